The SMILES string of the molecule is NCCNSc1cccc2cnccc12. The summed E-state index contributed by atoms with van der Waals surface area (Å²) >= 11 is 1.62. The number of benzene rings is 1. The third-order valence-corrected chi connectivity index (χ3v) is 2.99. The van der Waals surface area contributed by atoms with Crippen LogP contribution in [-0.2, 0) is 0 Å². The lowest BCUT2D eigenvalue weighted by Crippen LogP contribution is -2.15. The first kappa shape index (κ1) is 10.4. The first-order valence-corrected chi connectivity index (χ1v) is 5.66. The zero-order valence-electron chi connectivity index (χ0n) is 8.31. The van der Waals surface area contributed by atoms with Crippen molar-refractivity contribution in [2.75, 3.05) is 13.1 Å². The van der Waals surface area contributed by atoms with Gasteiger partial charge in [-0.05, 0) is 29.5 Å². The van der Waals surface area contributed by atoms with E-state index in [2.05, 4.69) is 21.8 Å². The molecule has 4 heteroatoms. The number of aromatic nitrogens is 1. The minimum atomic E-state index is 0.652. The van der Waals surface area contributed by atoms with Crippen molar-refractivity contribution in [1.29, 1.82) is 0 Å². The third-order valence-electron chi connectivity index (χ3n) is 2.07. The Balaban J connectivity index is 2.26. The molecule has 0 saturated heterocycles. The van der Waals surface area contributed by atoms with Crippen LogP contribution in [0.1, 0.15) is 0 Å². The second-order valence-electron chi connectivity index (χ2n) is 3.14. The quantitative estimate of drug-likeness (QED) is 0.608. The first-order valence-electron chi connectivity index (χ1n) is 4.84. The van der Waals surface area contributed by atoms with E-state index >= 15 is 0 Å². The highest BCUT2D eigenvalue weighted by Crippen LogP contribution is 2.24. The van der Waals surface area contributed by atoms with E-state index in [9.17, 15) is 0 Å². The normalized spacial score (nSPS) is 10.7. The van der Waals surface area contributed by atoms with Gasteiger partial charge in [0.2, 0.25) is 0 Å². The monoisotopic (exact) mass is 219 g/mol. The molecule has 0 radical (unpaired) electrons. The summed E-state index contributed by atoms with van der Waals surface area (Å²) in [5, 5.41) is 2.39. The zero-order valence-corrected chi connectivity index (χ0v) is 9.13. The predicted octanol–water partition coefficient (Wildman–Crippen LogP) is 1.79. The zero-order chi connectivity index (χ0) is 10.5. The Labute approximate surface area is 93.2 Å². The lowest BCUT2D eigenvalue weighted by atomic mass is 10.2. The van der Waals surface area contributed by atoms with Crippen LogP contribution in [0.4, 0.5) is 0 Å². The van der Waals surface area contributed by atoms with E-state index in [1.165, 1.54) is 10.3 Å². The molecule has 0 aliphatic heterocycles. The van der Waals surface area contributed by atoms with Crippen molar-refractivity contribution in [3.05, 3.63) is 36.7 Å². The number of hydrogen-bond donors (Lipinski definition) is 2. The number of pyridine rings is 1. The van der Waals surface area contributed by atoms with Crippen molar-refractivity contribution in [2.24, 2.45) is 5.73 Å². The number of rotatable bonds is 4. The summed E-state index contributed by atoms with van der Waals surface area (Å²) in [6.45, 7) is 1.46. The third kappa shape index (κ3) is 2.47. The van der Waals surface area contributed by atoms with Gasteiger partial charge in [-0.15, -0.1) is 0 Å². The standard InChI is InChI=1S/C11H13N3S/c12-5-7-14-15-11-3-1-2-9-8-13-6-4-10(9)11/h1-4,6,8,14H,5,7,12H2. The van der Waals surface area contributed by atoms with Gasteiger partial charge in [0.15, 0.2) is 0 Å². The molecule has 0 amide bonds. The van der Waals surface area contributed by atoms with E-state index in [4.69, 9.17) is 5.73 Å². The van der Waals surface area contributed by atoms with E-state index in [1.54, 1.807) is 11.9 Å². The van der Waals surface area contributed by atoms with Crippen LogP contribution in [0.3, 0.4) is 0 Å². The van der Waals surface area contributed by atoms with Crippen LogP contribution in [0.25, 0.3) is 10.8 Å². The Kier molecular flexibility index (Phi) is 3.55. The van der Waals surface area contributed by atoms with Gasteiger partial charge in [0.25, 0.3) is 0 Å². The van der Waals surface area contributed by atoms with Gasteiger partial charge in [0.05, 0.1) is 0 Å². The van der Waals surface area contributed by atoms with Crippen molar-refractivity contribution in [1.82, 2.24) is 9.71 Å². The molecule has 1 aromatic carbocycles. The smallest absolute Gasteiger partial charge is 0.0346 e. The Morgan fingerprint density at radius 3 is 3.13 bits per heavy atom. The summed E-state index contributed by atoms with van der Waals surface area (Å²) in [5.41, 5.74) is 5.42. The molecule has 0 saturated carbocycles. The van der Waals surface area contributed by atoms with Crippen LogP contribution in [0, 0.1) is 0 Å². The summed E-state index contributed by atoms with van der Waals surface area (Å²) in [5.74, 6) is 0. The Hall–Kier alpha value is -1.10. The molecular formula is C11H13N3S. The van der Waals surface area contributed by atoms with E-state index in [0.717, 1.165) is 11.9 Å². The van der Waals surface area contributed by atoms with E-state index in [1.807, 2.05) is 24.5 Å². The molecule has 2 rings (SSSR count). The van der Waals surface area contributed by atoms with Crippen LogP contribution in [0.2, 0.25) is 0 Å². The first-order chi connectivity index (χ1) is 7.42. The molecule has 0 bridgehead atoms. The molecule has 1 heterocycles. The molecule has 0 unspecified atom stereocenters. The minimum absolute atomic E-state index is 0.652. The highest BCUT2D eigenvalue weighted by molar-refractivity contribution is 7.97. The van der Waals surface area contributed by atoms with Crippen LogP contribution in [-0.4, -0.2) is 18.1 Å². The Morgan fingerprint density at radius 1 is 1.33 bits per heavy atom. The van der Waals surface area contributed by atoms with Crippen molar-refractivity contribution in [3.63, 3.8) is 0 Å². The number of nitrogens with zero attached hydrogens (tertiary/aromatic N) is 1. The predicted molar refractivity (Wildman–Crippen MR) is 64.7 cm³/mol. The summed E-state index contributed by atoms with van der Waals surface area (Å²) in [6.07, 6.45) is 3.69. The van der Waals surface area contributed by atoms with Crippen molar-refractivity contribution in [3.8, 4) is 0 Å². The van der Waals surface area contributed by atoms with Gasteiger partial charge in [-0.3, -0.25) is 9.71 Å². The average Bonchev–Trinajstić information content (AvgIpc) is 2.30. The molecule has 0 atom stereocenters. The molecule has 1 aromatic heterocycles. The molecule has 2 aromatic rings. The van der Waals surface area contributed by atoms with Crippen LogP contribution in [0.5, 0.6) is 0 Å². The Morgan fingerprint density at radius 2 is 2.27 bits per heavy atom. The number of nitrogens with one attached hydrogen (secondary N) is 1. The summed E-state index contributed by atoms with van der Waals surface area (Å²) in [4.78, 5) is 5.31. The van der Waals surface area contributed by atoms with Crippen molar-refractivity contribution < 1.29 is 0 Å². The number of nitrogens with two attached hydrogens (primary N) is 1. The van der Waals surface area contributed by atoms with Crippen LogP contribution >= 0.6 is 11.9 Å². The molecule has 78 valence electrons. The maximum atomic E-state index is 5.42. The molecule has 3 N–H and O–H groups in total. The summed E-state index contributed by atoms with van der Waals surface area (Å²) < 4.78 is 3.21. The maximum absolute atomic E-state index is 5.42. The highest BCUT2D eigenvalue weighted by atomic mass is 32.2. The van der Waals surface area contributed by atoms with Gasteiger partial charge in [0, 0.05) is 35.8 Å². The minimum Gasteiger partial charge on any atom is -0.329 e. The lowest BCUT2D eigenvalue weighted by molar-refractivity contribution is 0.917. The maximum Gasteiger partial charge on any atom is 0.0346 e. The van der Waals surface area contributed by atoms with Gasteiger partial charge in [0.1, 0.15) is 0 Å². The van der Waals surface area contributed by atoms with E-state index in [0.29, 0.717) is 6.54 Å². The fraction of sp³-hybridized carbons (Fsp3) is 0.182. The fourth-order valence-electron chi connectivity index (χ4n) is 1.37. The number of fused-ring (bicyclic) bond motifs is 1. The second-order valence-corrected chi connectivity index (χ2v) is 4.07. The van der Waals surface area contributed by atoms with Gasteiger partial charge in [-0.1, -0.05) is 12.1 Å². The average molecular weight is 219 g/mol. The van der Waals surface area contributed by atoms with E-state index in [-0.39, 0.29) is 0 Å². The lowest BCUT2D eigenvalue weighted by Gasteiger charge is -2.05. The van der Waals surface area contributed by atoms with E-state index < -0.39 is 0 Å². The molecule has 15 heavy (non-hydrogen) atoms. The van der Waals surface area contributed by atoms with Gasteiger partial charge < -0.3 is 5.73 Å². The fourth-order valence-corrected chi connectivity index (χ4v) is 2.19. The number of hydrogen-bond acceptors (Lipinski definition) is 4. The van der Waals surface area contributed by atoms with Gasteiger partial charge in [-0.2, -0.15) is 0 Å². The van der Waals surface area contributed by atoms with Gasteiger partial charge in [-0.25, -0.2) is 0 Å². The highest BCUT2D eigenvalue weighted by Gasteiger charge is 1.99. The molecule has 0 aliphatic rings. The summed E-state index contributed by atoms with van der Waals surface area (Å²) in [7, 11) is 0. The molecule has 3 nitrogen and oxygen atoms in total. The van der Waals surface area contributed by atoms with Crippen LogP contribution < -0.4 is 10.5 Å². The Bertz CT molecular complexity index is 439. The second kappa shape index (κ2) is 5.11. The molecule has 0 fully saturated rings. The van der Waals surface area contributed by atoms with Crippen molar-refractivity contribution >= 4 is 22.7 Å². The summed E-state index contributed by atoms with van der Waals surface area (Å²) in [6, 6.07) is 8.23. The largest absolute Gasteiger partial charge is 0.329 e. The molecule has 0 aliphatic carbocycles. The molecular weight excluding hydrogens is 206 g/mol. The van der Waals surface area contributed by atoms with Gasteiger partial charge >= 0.3 is 0 Å². The van der Waals surface area contributed by atoms with Crippen LogP contribution in [0.15, 0.2) is 41.6 Å². The topological polar surface area (TPSA) is 50.9 Å². The molecule has 0 spiro atoms. The van der Waals surface area contributed by atoms with Crippen molar-refractivity contribution in [2.45, 2.75) is 4.90 Å².